The molecule has 1 aromatic rings. The fourth-order valence-electron chi connectivity index (χ4n) is 2.41. The first-order valence-corrected chi connectivity index (χ1v) is 7.05. The summed E-state index contributed by atoms with van der Waals surface area (Å²) in [6, 6.07) is 7.35. The number of amides is 2. The predicted molar refractivity (Wildman–Crippen MR) is 79.4 cm³/mol. The molecule has 20 heavy (non-hydrogen) atoms. The van der Waals surface area contributed by atoms with E-state index in [-0.39, 0.29) is 12.6 Å². The number of hydrogen-bond acceptors (Lipinski definition) is 3. The standard InChI is InChI=1S/C15H23N3O2/c1-11(17-10-15(6-7-15)8-9-19)12-2-4-13(5-3-12)18-14(16)20/h2-5,11,17,19H,6-10H2,1H3,(H3,16,18,20). The maximum atomic E-state index is 10.7. The smallest absolute Gasteiger partial charge is 0.316 e. The molecular weight excluding hydrogens is 254 g/mol. The van der Waals surface area contributed by atoms with Crippen LogP contribution in [-0.4, -0.2) is 24.3 Å². The Hall–Kier alpha value is -1.59. The molecule has 1 aliphatic carbocycles. The van der Waals surface area contributed by atoms with Crippen molar-refractivity contribution in [3.63, 3.8) is 0 Å². The maximum absolute atomic E-state index is 10.7. The number of urea groups is 1. The van der Waals surface area contributed by atoms with Crippen molar-refractivity contribution in [2.24, 2.45) is 11.1 Å². The topological polar surface area (TPSA) is 87.4 Å². The van der Waals surface area contributed by atoms with Crippen molar-refractivity contribution in [3.8, 4) is 0 Å². The molecule has 0 heterocycles. The van der Waals surface area contributed by atoms with Gasteiger partial charge in [0.1, 0.15) is 0 Å². The van der Waals surface area contributed by atoms with E-state index in [0.29, 0.717) is 11.1 Å². The molecule has 1 atom stereocenters. The molecule has 0 saturated heterocycles. The van der Waals surface area contributed by atoms with Crippen molar-refractivity contribution in [2.75, 3.05) is 18.5 Å². The highest BCUT2D eigenvalue weighted by molar-refractivity contribution is 5.87. The summed E-state index contributed by atoms with van der Waals surface area (Å²) in [5, 5.41) is 15.1. The number of carbonyl (C=O) groups is 1. The second-order valence-corrected chi connectivity index (χ2v) is 5.69. The number of nitrogens with two attached hydrogens (primary N) is 1. The monoisotopic (exact) mass is 277 g/mol. The minimum absolute atomic E-state index is 0.244. The third kappa shape index (κ3) is 3.95. The average molecular weight is 277 g/mol. The van der Waals surface area contributed by atoms with E-state index < -0.39 is 6.03 Å². The van der Waals surface area contributed by atoms with E-state index in [1.807, 2.05) is 24.3 Å². The van der Waals surface area contributed by atoms with Crippen molar-refractivity contribution in [1.29, 1.82) is 0 Å². The molecule has 2 amide bonds. The summed E-state index contributed by atoms with van der Waals surface area (Å²) in [6.45, 7) is 3.32. The van der Waals surface area contributed by atoms with Crippen LogP contribution in [0.3, 0.4) is 0 Å². The van der Waals surface area contributed by atoms with Crippen LogP contribution in [0.4, 0.5) is 10.5 Å². The van der Waals surface area contributed by atoms with Crippen molar-refractivity contribution >= 4 is 11.7 Å². The van der Waals surface area contributed by atoms with E-state index in [2.05, 4.69) is 17.6 Å². The van der Waals surface area contributed by atoms with Gasteiger partial charge in [0.05, 0.1) is 0 Å². The van der Waals surface area contributed by atoms with Gasteiger partial charge in [0.15, 0.2) is 0 Å². The van der Waals surface area contributed by atoms with E-state index in [0.717, 1.165) is 13.0 Å². The Morgan fingerprint density at radius 3 is 2.55 bits per heavy atom. The molecule has 0 aromatic heterocycles. The third-order valence-electron chi connectivity index (χ3n) is 4.06. The summed E-state index contributed by atoms with van der Waals surface area (Å²) in [6.07, 6.45) is 3.29. The van der Waals surface area contributed by atoms with E-state index in [9.17, 15) is 4.79 Å². The molecule has 0 radical (unpaired) electrons. The second kappa shape index (κ2) is 6.24. The van der Waals surface area contributed by atoms with Crippen LogP contribution in [0.1, 0.15) is 37.8 Å². The van der Waals surface area contributed by atoms with Crippen LogP contribution < -0.4 is 16.4 Å². The molecule has 5 nitrogen and oxygen atoms in total. The van der Waals surface area contributed by atoms with Crippen molar-refractivity contribution in [1.82, 2.24) is 5.32 Å². The number of aliphatic hydroxyl groups is 1. The summed E-state index contributed by atoms with van der Waals surface area (Å²) in [4.78, 5) is 10.7. The Balaban J connectivity index is 1.86. The number of benzene rings is 1. The van der Waals surface area contributed by atoms with Gasteiger partial charge in [-0.05, 0) is 49.3 Å². The minimum Gasteiger partial charge on any atom is -0.396 e. The highest BCUT2D eigenvalue weighted by Gasteiger charge is 2.41. The highest BCUT2D eigenvalue weighted by Crippen LogP contribution is 2.48. The molecule has 110 valence electrons. The van der Waals surface area contributed by atoms with Gasteiger partial charge < -0.3 is 21.5 Å². The zero-order chi connectivity index (χ0) is 14.6. The Morgan fingerprint density at radius 2 is 2.05 bits per heavy atom. The third-order valence-corrected chi connectivity index (χ3v) is 4.06. The molecule has 5 N–H and O–H groups in total. The van der Waals surface area contributed by atoms with E-state index in [1.165, 1.54) is 18.4 Å². The van der Waals surface area contributed by atoms with Crippen LogP contribution in [0.5, 0.6) is 0 Å². The van der Waals surface area contributed by atoms with Gasteiger partial charge in [-0.1, -0.05) is 12.1 Å². The van der Waals surface area contributed by atoms with Gasteiger partial charge in [-0.25, -0.2) is 4.79 Å². The van der Waals surface area contributed by atoms with Crippen molar-refractivity contribution < 1.29 is 9.90 Å². The lowest BCUT2D eigenvalue weighted by molar-refractivity contribution is 0.243. The average Bonchev–Trinajstić information content (AvgIpc) is 3.17. The molecule has 0 aliphatic heterocycles. The molecule has 5 heteroatoms. The molecule has 2 rings (SSSR count). The minimum atomic E-state index is -0.552. The van der Waals surface area contributed by atoms with E-state index >= 15 is 0 Å². The summed E-state index contributed by atoms with van der Waals surface area (Å²) < 4.78 is 0. The lowest BCUT2D eigenvalue weighted by atomic mass is 10.0. The first-order chi connectivity index (χ1) is 9.54. The van der Waals surface area contributed by atoms with Gasteiger partial charge in [0.2, 0.25) is 0 Å². The van der Waals surface area contributed by atoms with Crippen LogP contribution in [0, 0.1) is 5.41 Å². The van der Waals surface area contributed by atoms with Crippen molar-refractivity contribution in [2.45, 2.75) is 32.2 Å². The highest BCUT2D eigenvalue weighted by atomic mass is 16.3. The van der Waals surface area contributed by atoms with Crippen LogP contribution in [0.25, 0.3) is 0 Å². The zero-order valence-corrected chi connectivity index (χ0v) is 11.9. The summed E-state index contributed by atoms with van der Waals surface area (Å²) in [5.74, 6) is 0. The Kier molecular flexibility index (Phi) is 4.62. The van der Waals surface area contributed by atoms with Crippen LogP contribution in [0.2, 0.25) is 0 Å². The quantitative estimate of drug-likeness (QED) is 0.614. The molecular formula is C15H23N3O2. The largest absolute Gasteiger partial charge is 0.396 e. The summed E-state index contributed by atoms with van der Waals surface area (Å²) in [7, 11) is 0. The number of carbonyl (C=O) groups excluding carboxylic acids is 1. The Labute approximate surface area is 119 Å². The van der Waals surface area contributed by atoms with Gasteiger partial charge >= 0.3 is 6.03 Å². The number of nitrogens with one attached hydrogen (secondary N) is 2. The first kappa shape index (κ1) is 14.8. The van der Waals surface area contributed by atoms with Crippen LogP contribution in [0.15, 0.2) is 24.3 Å². The zero-order valence-electron chi connectivity index (χ0n) is 11.9. The Bertz CT molecular complexity index is 455. The number of aliphatic hydroxyl groups excluding tert-OH is 1. The predicted octanol–water partition coefficient (Wildman–Crippen LogP) is 1.99. The molecule has 1 unspecified atom stereocenters. The number of primary amides is 1. The van der Waals surface area contributed by atoms with E-state index in [4.69, 9.17) is 10.8 Å². The number of hydrogen-bond donors (Lipinski definition) is 4. The van der Waals surface area contributed by atoms with E-state index in [1.54, 1.807) is 0 Å². The van der Waals surface area contributed by atoms with Gasteiger partial charge in [0, 0.05) is 24.9 Å². The first-order valence-electron chi connectivity index (χ1n) is 7.05. The normalized spacial score (nSPS) is 17.5. The van der Waals surface area contributed by atoms with Gasteiger partial charge in [-0.15, -0.1) is 0 Å². The van der Waals surface area contributed by atoms with Crippen LogP contribution >= 0.6 is 0 Å². The lowest BCUT2D eigenvalue weighted by Gasteiger charge is -2.20. The van der Waals surface area contributed by atoms with Gasteiger partial charge in [-0.2, -0.15) is 0 Å². The lowest BCUT2D eigenvalue weighted by Crippen LogP contribution is -2.27. The molecule has 0 bridgehead atoms. The maximum Gasteiger partial charge on any atom is 0.316 e. The molecule has 0 spiro atoms. The molecule has 1 saturated carbocycles. The fourth-order valence-corrected chi connectivity index (χ4v) is 2.41. The van der Waals surface area contributed by atoms with Crippen molar-refractivity contribution in [3.05, 3.63) is 29.8 Å². The van der Waals surface area contributed by atoms with Gasteiger partial charge in [0.25, 0.3) is 0 Å². The number of anilines is 1. The fraction of sp³-hybridized carbons (Fsp3) is 0.533. The molecule has 1 fully saturated rings. The second-order valence-electron chi connectivity index (χ2n) is 5.69. The van der Waals surface area contributed by atoms with Gasteiger partial charge in [-0.3, -0.25) is 0 Å². The Morgan fingerprint density at radius 1 is 1.40 bits per heavy atom. The SMILES string of the molecule is CC(NCC1(CCO)CC1)c1ccc(NC(N)=O)cc1. The van der Waals surface area contributed by atoms with Crippen LogP contribution in [-0.2, 0) is 0 Å². The molecule has 1 aliphatic rings. The summed E-state index contributed by atoms with van der Waals surface area (Å²) >= 11 is 0. The molecule has 1 aromatic carbocycles. The summed E-state index contributed by atoms with van der Waals surface area (Å²) in [5.41, 5.74) is 7.25. The number of rotatable bonds is 7.